The first-order valence-corrected chi connectivity index (χ1v) is 9.39. The first-order chi connectivity index (χ1) is 9.52. The number of hydrogen-bond acceptors (Lipinski definition) is 3. The van der Waals surface area contributed by atoms with Crippen LogP contribution in [-0.2, 0) is 6.54 Å². The highest BCUT2D eigenvalue weighted by Gasteiger charge is 2.32. The fourth-order valence-electron chi connectivity index (χ4n) is 2.98. The van der Waals surface area contributed by atoms with E-state index in [4.69, 9.17) is 0 Å². The zero-order valence-electron chi connectivity index (χ0n) is 13.0. The van der Waals surface area contributed by atoms with Crippen molar-refractivity contribution in [2.75, 3.05) is 13.1 Å². The van der Waals surface area contributed by atoms with Crippen molar-refractivity contribution in [3.8, 4) is 0 Å². The molecule has 2 rings (SSSR count). The maximum absolute atomic E-state index is 3.78. The molecule has 2 nitrogen and oxygen atoms in total. The van der Waals surface area contributed by atoms with E-state index in [2.05, 4.69) is 65.3 Å². The molecule has 0 bridgehead atoms. The smallest absolute Gasteiger partial charge is 0.0343 e. The van der Waals surface area contributed by atoms with Crippen LogP contribution >= 0.6 is 27.3 Å². The summed E-state index contributed by atoms with van der Waals surface area (Å²) in [6.45, 7) is 12.7. The van der Waals surface area contributed by atoms with Crippen LogP contribution in [0.4, 0.5) is 0 Å². The van der Waals surface area contributed by atoms with E-state index in [1.54, 1.807) is 0 Å². The Morgan fingerprint density at radius 2 is 2.20 bits per heavy atom. The lowest BCUT2D eigenvalue weighted by Gasteiger charge is -2.44. The number of piperazine rings is 1. The molecule has 0 aliphatic carbocycles. The predicted molar refractivity (Wildman–Crippen MR) is 92.3 cm³/mol. The molecular formula is C16H27BrN2S. The Kier molecular flexibility index (Phi) is 6.09. The van der Waals surface area contributed by atoms with Crippen LogP contribution < -0.4 is 5.32 Å². The molecule has 1 aliphatic rings. The van der Waals surface area contributed by atoms with Crippen molar-refractivity contribution >= 4 is 27.3 Å². The first-order valence-electron chi connectivity index (χ1n) is 7.72. The normalized spacial score (nSPS) is 26.1. The van der Waals surface area contributed by atoms with Gasteiger partial charge in [-0.3, -0.25) is 4.90 Å². The Bertz CT molecular complexity index is 418. The number of rotatable bonds is 5. The molecule has 0 amide bonds. The van der Waals surface area contributed by atoms with Crippen LogP contribution in [0.25, 0.3) is 0 Å². The first kappa shape index (κ1) is 16.5. The topological polar surface area (TPSA) is 15.3 Å². The van der Waals surface area contributed by atoms with Crippen molar-refractivity contribution < 1.29 is 0 Å². The standard InChI is InChI=1S/C16H27BrN2S/c1-5-12(4)14-9-19(15(8-18-14)11(2)3)10-16-13(17)6-7-20-16/h6-7,11-12,14-15,18H,5,8-10H2,1-4H3. The Hall–Kier alpha value is 0.1000. The Balaban J connectivity index is 2.09. The van der Waals surface area contributed by atoms with Gasteiger partial charge in [-0.25, -0.2) is 0 Å². The number of thiophene rings is 1. The van der Waals surface area contributed by atoms with Crippen LogP contribution in [0.3, 0.4) is 0 Å². The molecule has 1 aromatic rings. The van der Waals surface area contributed by atoms with E-state index in [0.717, 1.165) is 19.0 Å². The molecule has 1 N–H and O–H groups in total. The van der Waals surface area contributed by atoms with Gasteiger partial charge in [0.25, 0.3) is 0 Å². The summed E-state index contributed by atoms with van der Waals surface area (Å²) in [5, 5.41) is 5.95. The molecule has 1 fully saturated rings. The number of nitrogens with zero attached hydrogens (tertiary/aromatic N) is 1. The van der Waals surface area contributed by atoms with Gasteiger partial charge in [0, 0.05) is 41.1 Å². The lowest BCUT2D eigenvalue weighted by molar-refractivity contribution is 0.0760. The van der Waals surface area contributed by atoms with Crippen molar-refractivity contribution in [2.45, 2.75) is 52.7 Å². The molecule has 4 heteroatoms. The Labute approximate surface area is 136 Å². The van der Waals surface area contributed by atoms with Gasteiger partial charge in [0.05, 0.1) is 0 Å². The molecule has 2 heterocycles. The van der Waals surface area contributed by atoms with Gasteiger partial charge in [-0.15, -0.1) is 11.3 Å². The molecule has 20 heavy (non-hydrogen) atoms. The van der Waals surface area contributed by atoms with Crippen LogP contribution in [-0.4, -0.2) is 30.1 Å². The zero-order chi connectivity index (χ0) is 14.7. The summed E-state index contributed by atoms with van der Waals surface area (Å²) in [7, 11) is 0. The molecule has 1 aromatic heterocycles. The van der Waals surface area contributed by atoms with E-state index in [-0.39, 0.29) is 0 Å². The van der Waals surface area contributed by atoms with Crippen LogP contribution in [0.2, 0.25) is 0 Å². The van der Waals surface area contributed by atoms with Gasteiger partial charge in [0.1, 0.15) is 0 Å². The maximum Gasteiger partial charge on any atom is 0.0343 e. The minimum atomic E-state index is 0.633. The van der Waals surface area contributed by atoms with E-state index >= 15 is 0 Å². The summed E-state index contributed by atoms with van der Waals surface area (Å²) < 4.78 is 1.27. The van der Waals surface area contributed by atoms with Crippen molar-refractivity contribution in [3.63, 3.8) is 0 Å². The minimum absolute atomic E-state index is 0.633. The third-order valence-electron chi connectivity index (χ3n) is 4.63. The summed E-state index contributed by atoms with van der Waals surface area (Å²) in [6, 6.07) is 3.44. The van der Waals surface area contributed by atoms with E-state index in [0.29, 0.717) is 18.0 Å². The van der Waals surface area contributed by atoms with Crippen molar-refractivity contribution in [1.29, 1.82) is 0 Å². The second-order valence-electron chi connectivity index (χ2n) is 6.33. The highest BCUT2D eigenvalue weighted by molar-refractivity contribution is 9.10. The molecular weight excluding hydrogens is 332 g/mol. The van der Waals surface area contributed by atoms with Crippen LogP contribution in [0.1, 0.15) is 39.0 Å². The molecule has 0 spiro atoms. The maximum atomic E-state index is 3.78. The average molecular weight is 359 g/mol. The van der Waals surface area contributed by atoms with Gasteiger partial charge in [-0.05, 0) is 39.2 Å². The average Bonchev–Trinajstić information content (AvgIpc) is 2.83. The van der Waals surface area contributed by atoms with Crippen molar-refractivity contribution in [3.05, 3.63) is 20.8 Å². The number of halogens is 1. The summed E-state index contributed by atoms with van der Waals surface area (Å²) in [5.74, 6) is 1.44. The Morgan fingerprint density at radius 3 is 2.75 bits per heavy atom. The molecule has 114 valence electrons. The van der Waals surface area contributed by atoms with Gasteiger partial charge in [0.15, 0.2) is 0 Å². The minimum Gasteiger partial charge on any atom is -0.311 e. The van der Waals surface area contributed by atoms with Crippen molar-refractivity contribution in [2.24, 2.45) is 11.8 Å². The fourth-order valence-corrected chi connectivity index (χ4v) is 4.48. The highest BCUT2D eigenvalue weighted by atomic mass is 79.9. The van der Waals surface area contributed by atoms with Gasteiger partial charge < -0.3 is 5.32 Å². The van der Waals surface area contributed by atoms with E-state index in [1.807, 2.05) is 11.3 Å². The van der Waals surface area contributed by atoms with Gasteiger partial charge in [-0.2, -0.15) is 0 Å². The summed E-state index contributed by atoms with van der Waals surface area (Å²) >= 11 is 5.54. The zero-order valence-corrected chi connectivity index (χ0v) is 15.4. The lowest BCUT2D eigenvalue weighted by Crippen LogP contribution is -2.59. The van der Waals surface area contributed by atoms with Crippen molar-refractivity contribution in [1.82, 2.24) is 10.2 Å². The molecule has 0 radical (unpaired) electrons. The van der Waals surface area contributed by atoms with E-state index in [1.165, 1.54) is 22.3 Å². The summed E-state index contributed by atoms with van der Waals surface area (Å²) in [5.41, 5.74) is 0. The number of hydrogen-bond donors (Lipinski definition) is 1. The molecule has 3 atom stereocenters. The molecule has 3 unspecified atom stereocenters. The third-order valence-corrected chi connectivity index (χ3v) is 6.54. The number of nitrogens with one attached hydrogen (secondary N) is 1. The summed E-state index contributed by atoms with van der Waals surface area (Å²) in [4.78, 5) is 4.15. The Morgan fingerprint density at radius 1 is 1.45 bits per heavy atom. The largest absolute Gasteiger partial charge is 0.311 e. The molecule has 1 saturated heterocycles. The lowest BCUT2D eigenvalue weighted by atomic mass is 9.92. The van der Waals surface area contributed by atoms with E-state index in [9.17, 15) is 0 Å². The van der Waals surface area contributed by atoms with Crippen LogP contribution in [0.15, 0.2) is 15.9 Å². The second kappa shape index (κ2) is 7.39. The van der Waals surface area contributed by atoms with Gasteiger partial charge in [0.2, 0.25) is 0 Å². The predicted octanol–water partition coefficient (Wildman–Crippen LogP) is 4.36. The van der Waals surface area contributed by atoms with Gasteiger partial charge in [-0.1, -0.05) is 34.1 Å². The molecule has 1 aliphatic heterocycles. The third kappa shape index (κ3) is 3.85. The monoisotopic (exact) mass is 358 g/mol. The quantitative estimate of drug-likeness (QED) is 0.841. The molecule has 0 aromatic carbocycles. The van der Waals surface area contributed by atoms with Crippen LogP contribution in [0.5, 0.6) is 0 Å². The van der Waals surface area contributed by atoms with E-state index < -0.39 is 0 Å². The second-order valence-corrected chi connectivity index (χ2v) is 8.19. The summed E-state index contributed by atoms with van der Waals surface area (Å²) in [6.07, 6.45) is 1.25. The van der Waals surface area contributed by atoms with Gasteiger partial charge >= 0.3 is 0 Å². The van der Waals surface area contributed by atoms with Crippen LogP contribution in [0, 0.1) is 11.8 Å². The molecule has 0 saturated carbocycles. The SMILES string of the molecule is CCC(C)C1CN(Cc2sccc2Br)C(C(C)C)CN1. The fraction of sp³-hybridized carbons (Fsp3) is 0.750. The highest BCUT2D eigenvalue weighted by Crippen LogP contribution is 2.28.